The molecular formula is C14H12BrN3OS2. The Morgan fingerprint density at radius 2 is 2.29 bits per heavy atom. The van der Waals surface area contributed by atoms with Gasteiger partial charge in [0.15, 0.2) is 0 Å². The number of rotatable bonds is 5. The van der Waals surface area contributed by atoms with E-state index in [4.69, 9.17) is 0 Å². The molecule has 1 amide bonds. The van der Waals surface area contributed by atoms with Crippen molar-refractivity contribution in [1.29, 1.82) is 0 Å². The first kappa shape index (κ1) is 14.5. The lowest BCUT2D eigenvalue weighted by Crippen LogP contribution is -2.26. The van der Waals surface area contributed by atoms with Crippen LogP contribution in [0.3, 0.4) is 0 Å². The average molecular weight is 382 g/mol. The minimum Gasteiger partial charge on any atom is -0.349 e. The second-order valence-corrected chi connectivity index (χ2v) is 6.97. The van der Waals surface area contributed by atoms with Crippen LogP contribution in [0, 0.1) is 0 Å². The number of thiophene rings is 2. The van der Waals surface area contributed by atoms with Gasteiger partial charge in [-0.25, -0.2) is 0 Å². The first-order chi connectivity index (χ1) is 10.2. The van der Waals surface area contributed by atoms with E-state index < -0.39 is 0 Å². The van der Waals surface area contributed by atoms with Gasteiger partial charge in [-0.15, -0.1) is 11.3 Å². The molecule has 0 bridgehead atoms. The Labute approximate surface area is 138 Å². The zero-order valence-electron chi connectivity index (χ0n) is 11.0. The molecule has 0 atom stereocenters. The van der Waals surface area contributed by atoms with Crippen molar-refractivity contribution in [3.8, 4) is 11.3 Å². The Morgan fingerprint density at radius 3 is 3.00 bits per heavy atom. The molecule has 0 aliphatic carbocycles. The third-order valence-corrected chi connectivity index (χ3v) is 5.25. The number of halogens is 1. The van der Waals surface area contributed by atoms with Crippen LogP contribution in [0.1, 0.15) is 9.67 Å². The number of nitrogens with zero attached hydrogens (tertiary/aromatic N) is 2. The number of hydrogen-bond acceptors (Lipinski definition) is 4. The third-order valence-electron chi connectivity index (χ3n) is 2.88. The van der Waals surface area contributed by atoms with Crippen molar-refractivity contribution in [2.45, 2.75) is 6.54 Å². The van der Waals surface area contributed by atoms with Crippen LogP contribution in [0.2, 0.25) is 0 Å². The van der Waals surface area contributed by atoms with Crippen molar-refractivity contribution in [1.82, 2.24) is 15.1 Å². The van der Waals surface area contributed by atoms with Crippen LogP contribution < -0.4 is 5.32 Å². The smallest absolute Gasteiger partial charge is 0.261 e. The maximum absolute atomic E-state index is 11.9. The van der Waals surface area contributed by atoms with Gasteiger partial charge in [0.05, 0.1) is 17.1 Å². The minimum atomic E-state index is -0.0454. The van der Waals surface area contributed by atoms with Gasteiger partial charge in [0.25, 0.3) is 5.91 Å². The first-order valence-electron chi connectivity index (χ1n) is 6.30. The molecule has 3 rings (SSSR count). The van der Waals surface area contributed by atoms with Crippen molar-refractivity contribution < 1.29 is 4.79 Å². The average Bonchev–Trinajstić information content (AvgIpc) is 3.19. The Balaban J connectivity index is 1.53. The molecule has 108 valence electrons. The van der Waals surface area contributed by atoms with Crippen LogP contribution in [0.5, 0.6) is 0 Å². The number of amides is 1. The van der Waals surface area contributed by atoms with E-state index >= 15 is 0 Å². The number of carbonyl (C=O) groups excluding carboxylic acids is 1. The lowest BCUT2D eigenvalue weighted by atomic mass is 10.2. The molecule has 0 spiro atoms. The summed E-state index contributed by atoms with van der Waals surface area (Å²) in [5, 5.41) is 13.4. The fourth-order valence-corrected chi connectivity index (χ4v) is 3.85. The van der Waals surface area contributed by atoms with Crippen molar-refractivity contribution in [3.63, 3.8) is 0 Å². The van der Waals surface area contributed by atoms with Gasteiger partial charge in [0, 0.05) is 33.5 Å². The SMILES string of the molecule is O=C(NCCn1ccc(-c2ccsc2)n1)c1cc(Br)cs1. The van der Waals surface area contributed by atoms with Crippen molar-refractivity contribution >= 4 is 44.5 Å². The minimum absolute atomic E-state index is 0.0454. The summed E-state index contributed by atoms with van der Waals surface area (Å²) in [5.41, 5.74) is 2.09. The highest BCUT2D eigenvalue weighted by Crippen LogP contribution is 2.20. The van der Waals surface area contributed by atoms with Crippen molar-refractivity contribution in [2.75, 3.05) is 6.54 Å². The molecule has 0 fully saturated rings. The van der Waals surface area contributed by atoms with Crippen LogP contribution in [-0.2, 0) is 6.54 Å². The maximum atomic E-state index is 11.9. The van der Waals surface area contributed by atoms with E-state index in [0.717, 1.165) is 15.7 Å². The van der Waals surface area contributed by atoms with Crippen LogP contribution in [0.25, 0.3) is 11.3 Å². The molecule has 1 N–H and O–H groups in total. The van der Waals surface area contributed by atoms with E-state index in [2.05, 4.69) is 31.7 Å². The summed E-state index contributed by atoms with van der Waals surface area (Å²) in [4.78, 5) is 12.6. The molecular weight excluding hydrogens is 370 g/mol. The molecule has 0 radical (unpaired) electrons. The van der Waals surface area contributed by atoms with E-state index in [-0.39, 0.29) is 5.91 Å². The molecule has 0 saturated heterocycles. The van der Waals surface area contributed by atoms with Crippen LogP contribution in [-0.4, -0.2) is 22.2 Å². The van der Waals surface area contributed by atoms with E-state index in [0.29, 0.717) is 18.0 Å². The molecule has 0 unspecified atom stereocenters. The topological polar surface area (TPSA) is 46.9 Å². The zero-order valence-corrected chi connectivity index (χ0v) is 14.2. The molecule has 0 aliphatic heterocycles. The largest absolute Gasteiger partial charge is 0.349 e. The van der Waals surface area contributed by atoms with E-state index in [1.807, 2.05) is 39.8 Å². The number of carbonyl (C=O) groups is 1. The molecule has 0 aliphatic rings. The fraction of sp³-hybridized carbons (Fsp3) is 0.143. The van der Waals surface area contributed by atoms with Gasteiger partial charge in [-0.1, -0.05) is 0 Å². The van der Waals surface area contributed by atoms with E-state index in [1.165, 1.54) is 11.3 Å². The van der Waals surface area contributed by atoms with Crippen LogP contribution >= 0.6 is 38.6 Å². The summed E-state index contributed by atoms with van der Waals surface area (Å²) >= 11 is 6.43. The predicted molar refractivity (Wildman–Crippen MR) is 89.9 cm³/mol. The lowest BCUT2D eigenvalue weighted by molar-refractivity contribution is 0.0956. The van der Waals surface area contributed by atoms with Gasteiger partial charge in [0.2, 0.25) is 0 Å². The normalized spacial score (nSPS) is 10.7. The van der Waals surface area contributed by atoms with E-state index in [9.17, 15) is 4.79 Å². The fourth-order valence-electron chi connectivity index (χ4n) is 1.85. The van der Waals surface area contributed by atoms with Crippen LogP contribution in [0.15, 0.2) is 45.0 Å². The number of aromatic nitrogens is 2. The standard InChI is InChI=1S/C14H12BrN3OS2/c15-11-7-13(21-9-11)14(19)16-3-5-18-4-1-12(17-18)10-2-6-20-8-10/h1-2,4,6-9H,3,5H2,(H,16,19). The number of hydrogen-bond donors (Lipinski definition) is 1. The molecule has 4 nitrogen and oxygen atoms in total. The Hall–Kier alpha value is -1.44. The lowest BCUT2D eigenvalue weighted by Gasteiger charge is -2.03. The third kappa shape index (κ3) is 3.61. The monoisotopic (exact) mass is 381 g/mol. The summed E-state index contributed by atoms with van der Waals surface area (Å²) in [5.74, 6) is -0.0454. The quantitative estimate of drug-likeness (QED) is 0.728. The molecule has 0 saturated carbocycles. The van der Waals surface area contributed by atoms with Gasteiger partial charge in [-0.05, 0) is 39.5 Å². The summed E-state index contributed by atoms with van der Waals surface area (Å²) in [6.45, 7) is 1.21. The van der Waals surface area contributed by atoms with Gasteiger partial charge >= 0.3 is 0 Å². The summed E-state index contributed by atoms with van der Waals surface area (Å²) in [6.07, 6.45) is 1.93. The highest BCUT2D eigenvalue weighted by Gasteiger charge is 2.08. The summed E-state index contributed by atoms with van der Waals surface area (Å²) in [6, 6.07) is 5.86. The Bertz CT molecular complexity index is 733. The molecule has 3 aromatic rings. The molecule has 0 aromatic carbocycles. The van der Waals surface area contributed by atoms with Crippen LogP contribution in [0.4, 0.5) is 0 Å². The highest BCUT2D eigenvalue weighted by atomic mass is 79.9. The molecule has 21 heavy (non-hydrogen) atoms. The van der Waals surface area contributed by atoms with Crippen molar-refractivity contribution in [2.24, 2.45) is 0 Å². The van der Waals surface area contributed by atoms with Gasteiger partial charge in [0.1, 0.15) is 0 Å². The molecule has 3 heterocycles. The summed E-state index contributed by atoms with van der Waals surface area (Å²) in [7, 11) is 0. The molecule has 7 heteroatoms. The summed E-state index contributed by atoms with van der Waals surface area (Å²) < 4.78 is 2.78. The second kappa shape index (κ2) is 6.55. The zero-order chi connectivity index (χ0) is 14.7. The molecule has 3 aromatic heterocycles. The van der Waals surface area contributed by atoms with Crippen molar-refractivity contribution in [3.05, 3.63) is 49.9 Å². The van der Waals surface area contributed by atoms with Gasteiger partial charge in [-0.3, -0.25) is 9.48 Å². The number of nitrogens with one attached hydrogen (secondary N) is 1. The van der Waals surface area contributed by atoms with E-state index in [1.54, 1.807) is 11.3 Å². The first-order valence-corrected chi connectivity index (χ1v) is 8.92. The Kier molecular flexibility index (Phi) is 4.52. The highest BCUT2D eigenvalue weighted by molar-refractivity contribution is 9.10. The second-order valence-electron chi connectivity index (χ2n) is 4.36. The van der Waals surface area contributed by atoms with Gasteiger partial charge < -0.3 is 5.32 Å². The maximum Gasteiger partial charge on any atom is 0.261 e. The Morgan fingerprint density at radius 1 is 1.38 bits per heavy atom. The van der Waals surface area contributed by atoms with Gasteiger partial charge in [-0.2, -0.15) is 16.4 Å². The predicted octanol–water partition coefficient (Wildman–Crippen LogP) is 3.87.